The Bertz CT molecular complexity index is 814. The summed E-state index contributed by atoms with van der Waals surface area (Å²) in [4.78, 5) is 2.28. The Morgan fingerprint density at radius 3 is 2.68 bits per heavy atom. The highest BCUT2D eigenvalue weighted by molar-refractivity contribution is 5.73. The summed E-state index contributed by atoms with van der Waals surface area (Å²) < 4.78 is 12.9. The predicted molar refractivity (Wildman–Crippen MR) is 134 cm³/mol. The molecular formula is C27H42N2O5. The Kier molecular flexibility index (Phi) is 10.7. The maximum atomic E-state index is 9.76. The number of β-amino-alcohol motifs (C(OH)–C–C–N with tert-alkyl or cyclic N) is 1. The lowest BCUT2D eigenvalue weighted by Crippen LogP contribution is -2.43. The average molecular weight is 475 g/mol. The van der Waals surface area contributed by atoms with Gasteiger partial charge in [-0.05, 0) is 55.5 Å². The summed E-state index contributed by atoms with van der Waals surface area (Å²) >= 11 is 0. The summed E-state index contributed by atoms with van der Waals surface area (Å²) in [5, 5.41) is 31.3. The number of rotatable bonds is 14. The van der Waals surface area contributed by atoms with Crippen molar-refractivity contribution in [2.75, 3.05) is 52.5 Å². The van der Waals surface area contributed by atoms with Gasteiger partial charge in [-0.3, -0.25) is 0 Å². The van der Waals surface area contributed by atoms with Gasteiger partial charge in [-0.1, -0.05) is 43.3 Å². The summed E-state index contributed by atoms with van der Waals surface area (Å²) in [7, 11) is 0. The molecule has 1 heterocycles. The Balaban J connectivity index is 1.60. The molecule has 34 heavy (non-hydrogen) atoms. The molecule has 0 aromatic heterocycles. The molecule has 0 radical (unpaired) electrons. The highest BCUT2D eigenvalue weighted by atomic mass is 16.7. The van der Waals surface area contributed by atoms with Crippen LogP contribution in [0.15, 0.2) is 42.5 Å². The molecule has 1 saturated heterocycles. The van der Waals surface area contributed by atoms with Crippen LogP contribution in [-0.2, 0) is 9.47 Å². The second kappa shape index (κ2) is 13.5. The molecule has 4 N–H and O–H groups in total. The van der Waals surface area contributed by atoms with Gasteiger partial charge in [-0.2, -0.15) is 0 Å². The Morgan fingerprint density at radius 2 is 1.97 bits per heavy atom. The van der Waals surface area contributed by atoms with Crippen molar-refractivity contribution in [2.45, 2.75) is 51.1 Å². The summed E-state index contributed by atoms with van der Waals surface area (Å²) in [5.74, 6) is -0.835. The van der Waals surface area contributed by atoms with Gasteiger partial charge in [0.2, 0.25) is 0 Å². The van der Waals surface area contributed by atoms with Crippen LogP contribution >= 0.6 is 0 Å². The number of aliphatic hydroxyl groups is 3. The highest BCUT2D eigenvalue weighted by Crippen LogP contribution is 2.40. The van der Waals surface area contributed by atoms with Crippen LogP contribution < -0.4 is 5.32 Å². The van der Waals surface area contributed by atoms with Gasteiger partial charge in [0, 0.05) is 32.1 Å². The third kappa shape index (κ3) is 7.46. The van der Waals surface area contributed by atoms with Crippen LogP contribution in [0.2, 0.25) is 0 Å². The monoisotopic (exact) mass is 474 g/mol. The van der Waals surface area contributed by atoms with Crippen LogP contribution in [0.1, 0.15) is 37.3 Å². The van der Waals surface area contributed by atoms with Gasteiger partial charge in [-0.25, -0.2) is 0 Å². The number of aliphatic hydroxyl groups excluding tert-OH is 3. The van der Waals surface area contributed by atoms with Crippen LogP contribution in [0.5, 0.6) is 0 Å². The molecule has 0 spiro atoms. The molecule has 7 nitrogen and oxygen atoms in total. The van der Waals surface area contributed by atoms with Crippen molar-refractivity contribution in [3.8, 4) is 0 Å². The number of nitrogens with one attached hydrogen (secondary N) is 1. The van der Waals surface area contributed by atoms with E-state index in [0.717, 1.165) is 38.9 Å². The minimum atomic E-state index is -0.846. The first-order valence-corrected chi connectivity index (χ1v) is 12.6. The lowest BCUT2D eigenvalue weighted by Gasteiger charge is -2.40. The number of hydrogen-bond donors (Lipinski definition) is 4. The number of nitrogens with zero attached hydrogens (tertiary/aromatic N) is 1. The van der Waals surface area contributed by atoms with Gasteiger partial charge in [0.05, 0.1) is 32.0 Å². The molecule has 2 aliphatic rings. The van der Waals surface area contributed by atoms with Crippen LogP contribution in [-0.4, -0.2) is 90.8 Å². The van der Waals surface area contributed by atoms with Crippen molar-refractivity contribution in [3.05, 3.63) is 53.6 Å². The zero-order valence-corrected chi connectivity index (χ0v) is 20.7. The smallest absolute Gasteiger partial charge is 0.194 e. The molecule has 3 rings (SSSR count). The first kappa shape index (κ1) is 27.0. The van der Waals surface area contributed by atoms with Crippen LogP contribution in [0.3, 0.4) is 0 Å². The first-order valence-electron chi connectivity index (χ1n) is 12.6. The SMILES string of the molecule is Cc1ccccc1C1=CC=CC(OCCCNCC(O)CO)(OCCCN2CC[C@@H](O)C2)C1C. The topological polar surface area (TPSA) is 94.4 Å². The summed E-state index contributed by atoms with van der Waals surface area (Å²) in [5.41, 5.74) is 3.64. The van der Waals surface area contributed by atoms with Gasteiger partial charge in [-0.15, -0.1) is 0 Å². The number of aryl methyl sites for hydroxylation is 1. The van der Waals surface area contributed by atoms with Crippen molar-refractivity contribution >= 4 is 5.57 Å². The fourth-order valence-electron chi connectivity index (χ4n) is 4.70. The van der Waals surface area contributed by atoms with Gasteiger partial charge < -0.3 is 35.0 Å². The molecule has 1 fully saturated rings. The number of ether oxygens (including phenoxy) is 2. The third-order valence-corrected chi connectivity index (χ3v) is 6.74. The first-order chi connectivity index (χ1) is 16.4. The van der Waals surface area contributed by atoms with E-state index in [-0.39, 0.29) is 18.6 Å². The van der Waals surface area contributed by atoms with Gasteiger partial charge in [0.1, 0.15) is 0 Å². The average Bonchev–Trinajstić information content (AvgIpc) is 3.26. The Hall–Kier alpha value is -1.58. The van der Waals surface area contributed by atoms with E-state index in [1.165, 1.54) is 16.7 Å². The van der Waals surface area contributed by atoms with E-state index in [2.05, 4.69) is 54.4 Å². The van der Waals surface area contributed by atoms with Crippen molar-refractivity contribution in [1.82, 2.24) is 10.2 Å². The summed E-state index contributed by atoms with van der Waals surface area (Å²) in [6.07, 6.45) is 7.77. The van der Waals surface area contributed by atoms with E-state index in [9.17, 15) is 10.2 Å². The molecule has 0 bridgehead atoms. The molecular weight excluding hydrogens is 432 g/mol. The highest BCUT2D eigenvalue weighted by Gasteiger charge is 2.40. The number of benzene rings is 1. The number of allylic oxidation sites excluding steroid dienone is 2. The molecule has 1 aromatic carbocycles. The molecule has 0 saturated carbocycles. The number of likely N-dealkylation sites (tertiary alicyclic amines) is 1. The van der Waals surface area contributed by atoms with Crippen molar-refractivity contribution < 1.29 is 24.8 Å². The van der Waals surface area contributed by atoms with Crippen LogP contribution in [0.25, 0.3) is 5.57 Å². The molecule has 1 aromatic rings. The minimum absolute atomic E-state index is 0.0105. The maximum absolute atomic E-state index is 9.76. The Morgan fingerprint density at radius 1 is 1.21 bits per heavy atom. The fraction of sp³-hybridized carbons (Fsp3) is 0.630. The molecule has 0 amide bonds. The van der Waals surface area contributed by atoms with E-state index >= 15 is 0 Å². The third-order valence-electron chi connectivity index (χ3n) is 6.74. The van der Waals surface area contributed by atoms with Crippen molar-refractivity contribution in [2.24, 2.45) is 5.92 Å². The van der Waals surface area contributed by atoms with E-state index in [1.54, 1.807) is 0 Å². The second-order valence-corrected chi connectivity index (χ2v) is 9.43. The summed E-state index contributed by atoms with van der Waals surface area (Å²) in [6, 6.07) is 8.39. The molecule has 4 atom stereocenters. The molecule has 7 heteroatoms. The molecule has 1 aliphatic carbocycles. The second-order valence-electron chi connectivity index (χ2n) is 9.43. The zero-order valence-electron chi connectivity index (χ0n) is 20.7. The quantitative estimate of drug-likeness (QED) is 0.242. The lowest BCUT2D eigenvalue weighted by molar-refractivity contribution is -0.223. The predicted octanol–water partition coefficient (Wildman–Crippen LogP) is 2.10. The van der Waals surface area contributed by atoms with Gasteiger partial charge >= 0.3 is 0 Å². The standard InChI is InChI=1S/C27H42N2O5/c1-21-8-3-4-9-25(21)26-10-5-12-27(22(26)2,33-16-6-13-28-18-24(32)20-30)34-17-7-14-29-15-11-23(31)19-29/h3-5,8-10,12,22-24,28,30-32H,6-7,11,13-20H2,1-2H3/t22?,23-,24?,27?/m1/s1. The van der Waals surface area contributed by atoms with Crippen LogP contribution in [0.4, 0.5) is 0 Å². The van der Waals surface area contributed by atoms with Crippen LogP contribution in [0, 0.1) is 12.8 Å². The minimum Gasteiger partial charge on any atom is -0.394 e. The van der Waals surface area contributed by atoms with E-state index in [1.807, 2.05) is 12.2 Å². The Labute approximate surface area is 204 Å². The van der Waals surface area contributed by atoms with Gasteiger partial charge in [0.15, 0.2) is 5.79 Å². The lowest BCUT2D eigenvalue weighted by atomic mass is 9.82. The summed E-state index contributed by atoms with van der Waals surface area (Å²) in [6.45, 7) is 8.77. The van der Waals surface area contributed by atoms with E-state index < -0.39 is 11.9 Å². The molecule has 3 unspecified atom stereocenters. The zero-order chi connectivity index (χ0) is 24.4. The largest absolute Gasteiger partial charge is 0.394 e. The van der Waals surface area contributed by atoms with Gasteiger partial charge in [0.25, 0.3) is 0 Å². The van der Waals surface area contributed by atoms with E-state index in [0.29, 0.717) is 26.3 Å². The van der Waals surface area contributed by atoms with E-state index in [4.69, 9.17) is 14.6 Å². The fourth-order valence-corrected chi connectivity index (χ4v) is 4.70. The van der Waals surface area contributed by atoms with Crippen molar-refractivity contribution in [3.63, 3.8) is 0 Å². The molecule has 190 valence electrons. The normalized spacial score (nSPS) is 26.1. The van der Waals surface area contributed by atoms with Crippen molar-refractivity contribution in [1.29, 1.82) is 0 Å². The maximum Gasteiger partial charge on any atom is 0.194 e. The number of hydrogen-bond acceptors (Lipinski definition) is 7. The molecule has 1 aliphatic heterocycles.